The van der Waals surface area contributed by atoms with Crippen LogP contribution in [-0.4, -0.2) is 28.0 Å². The third-order valence-electron chi connectivity index (χ3n) is 3.97. The molecule has 0 radical (unpaired) electrons. The highest BCUT2D eigenvalue weighted by atomic mass is 15.1. The topological polar surface area (TPSA) is 62.7 Å². The van der Waals surface area contributed by atoms with Crippen LogP contribution in [0.5, 0.6) is 0 Å². The van der Waals surface area contributed by atoms with Gasteiger partial charge >= 0.3 is 0 Å². The minimum atomic E-state index is 0.579. The normalized spacial score (nSPS) is 15.9. The maximum atomic E-state index is 4.63. The van der Waals surface area contributed by atoms with Crippen LogP contribution in [0.2, 0.25) is 0 Å². The number of aryl methyl sites for hydroxylation is 1. The molecule has 0 atom stereocenters. The first-order valence-electron chi connectivity index (χ1n) is 7.52. The van der Waals surface area contributed by atoms with Crippen LogP contribution in [0.3, 0.4) is 0 Å². The van der Waals surface area contributed by atoms with Crippen molar-refractivity contribution >= 4 is 11.8 Å². The highest BCUT2D eigenvalue weighted by Gasteiger charge is 2.15. The molecule has 0 unspecified atom stereocenters. The third kappa shape index (κ3) is 3.76. The van der Waals surface area contributed by atoms with E-state index in [9.17, 15) is 0 Å². The van der Waals surface area contributed by atoms with Gasteiger partial charge in [-0.25, -0.2) is 15.0 Å². The Bertz CT molecular complexity index is 578. The lowest BCUT2D eigenvalue weighted by Gasteiger charge is -2.23. The molecular formula is C16H21N5. The molecule has 0 spiro atoms. The summed E-state index contributed by atoms with van der Waals surface area (Å²) < 4.78 is 0. The van der Waals surface area contributed by atoms with Crippen molar-refractivity contribution in [2.75, 3.05) is 18.4 Å². The molecule has 0 bridgehead atoms. The van der Waals surface area contributed by atoms with Gasteiger partial charge in [0.05, 0.1) is 0 Å². The van der Waals surface area contributed by atoms with Gasteiger partial charge in [0.15, 0.2) is 0 Å². The molecule has 0 amide bonds. The van der Waals surface area contributed by atoms with E-state index in [1.165, 1.54) is 18.4 Å². The maximum absolute atomic E-state index is 4.63. The van der Waals surface area contributed by atoms with Crippen molar-refractivity contribution in [2.24, 2.45) is 5.92 Å². The Morgan fingerprint density at radius 2 is 1.95 bits per heavy atom. The van der Waals surface area contributed by atoms with Crippen LogP contribution in [0, 0.1) is 12.8 Å². The van der Waals surface area contributed by atoms with Crippen LogP contribution < -0.4 is 10.6 Å². The van der Waals surface area contributed by atoms with E-state index < -0.39 is 0 Å². The van der Waals surface area contributed by atoms with Crippen molar-refractivity contribution in [3.63, 3.8) is 0 Å². The van der Waals surface area contributed by atoms with Crippen LogP contribution in [0.15, 0.2) is 30.6 Å². The molecule has 110 valence electrons. The summed E-state index contributed by atoms with van der Waals surface area (Å²) in [4.78, 5) is 12.9. The zero-order chi connectivity index (χ0) is 14.5. The quantitative estimate of drug-likeness (QED) is 0.902. The molecule has 1 aliphatic rings. The molecule has 0 saturated carbocycles. The molecule has 2 aromatic rings. The van der Waals surface area contributed by atoms with Gasteiger partial charge in [-0.1, -0.05) is 6.07 Å². The number of anilines is 2. The number of pyridine rings is 1. The summed E-state index contributed by atoms with van der Waals surface area (Å²) >= 11 is 0. The first kappa shape index (κ1) is 13.9. The molecule has 2 aromatic heterocycles. The van der Waals surface area contributed by atoms with Gasteiger partial charge in [-0.05, 0) is 62.9 Å². The second-order valence-electron chi connectivity index (χ2n) is 5.54. The molecule has 2 N–H and O–H groups in total. The average molecular weight is 283 g/mol. The van der Waals surface area contributed by atoms with Gasteiger partial charge in [0.1, 0.15) is 5.82 Å². The zero-order valence-electron chi connectivity index (χ0n) is 12.3. The lowest BCUT2D eigenvalue weighted by molar-refractivity contribution is 0.372. The monoisotopic (exact) mass is 283 g/mol. The predicted molar refractivity (Wildman–Crippen MR) is 83.6 cm³/mol. The van der Waals surface area contributed by atoms with Crippen molar-refractivity contribution in [3.8, 4) is 0 Å². The fourth-order valence-corrected chi connectivity index (χ4v) is 2.75. The van der Waals surface area contributed by atoms with Crippen molar-refractivity contribution in [1.82, 2.24) is 20.3 Å². The molecule has 1 aliphatic heterocycles. The second kappa shape index (κ2) is 6.63. The molecule has 5 heteroatoms. The number of rotatable bonds is 4. The lowest BCUT2D eigenvalue weighted by atomic mass is 9.90. The molecule has 5 nitrogen and oxygen atoms in total. The van der Waals surface area contributed by atoms with Gasteiger partial charge in [0.25, 0.3) is 0 Å². The Hall–Kier alpha value is -2.01. The molecule has 0 aliphatic carbocycles. The summed E-state index contributed by atoms with van der Waals surface area (Å²) in [6.45, 7) is 4.36. The Labute approximate surface area is 125 Å². The summed E-state index contributed by atoms with van der Waals surface area (Å²) in [6, 6.07) is 5.99. The van der Waals surface area contributed by atoms with Gasteiger partial charge in [0.2, 0.25) is 5.95 Å². The van der Waals surface area contributed by atoms with Crippen LogP contribution in [0.1, 0.15) is 24.1 Å². The first-order chi connectivity index (χ1) is 10.3. The van der Waals surface area contributed by atoms with Crippen molar-refractivity contribution in [3.05, 3.63) is 41.9 Å². The Morgan fingerprint density at radius 1 is 1.19 bits per heavy atom. The molecule has 3 heterocycles. The van der Waals surface area contributed by atoms with E-state index in [4.69, 9.17) is 0 Å². The third-order valence-corrected chi connectivity index (χ3v) is 3.97. The number of aromatic nitrogens is 3. The summed E-state index contributed by atoms with van der Waals surface area (Å²) in [5.41, 5.74) is 2.44. The molecule has 0 aromatic carbocycles. The minimum absolute atomic E-state index is 0.579. The van der Waals surface area contributed by atoms with E-state index in [1.54, 1.807) is 18.5 Å². The van der Waals surface area contributed by atoms with Crippen LogP contribution >= 0.6 is 0 Å². The van der Waals surface area contributed by atoms with Gasteiger partial charge < -0.3 is 10.6 Å². The smallest absolute Gasteiger partial charge is 0.228 e. The fourth-order valence-electron chi connectivity index (χ4n) is 2.75. The highest BCUT2D eigenvalue weighted by molar-refractivity contribution is 5.48. The molecule has 1 saturated heterocycles. The molecule has 3 rings (SSSR count). The summed E-state index contributed by atoms with van der Waals surface area (Å²) in [6.07, 6.45) is 7.08. The van der Waals surface area contributed by atoms with E-state index in [2.05, 4.69) is 38.6 Å². The van der Waals surface area contributed by atoms with Crippen molar-refractivity contribution < 1.29 is 0 Å². The van der Waals surface area contributed by atoms with E-state index in [1.807, 2.05) is 6.07 Å². The van der Waals surface area contributed by atoms with Gasteiger partial charge in [-0.15, -0.1) is 0 Å². The van der Waals surface area contributed by atoms with Crippen LogP contribution in [0.25, 0.3) is 0 Å². The summed E-state index contributed by atoms with van der Waals surface area (Å²) in [7, 11) is 0. The molecule has 1 fully saturated rings. The maximum Gasteiger partial charge on any atom is 0.228 e. The fraction of sp³-hybridized carbons (Fsp3) is 0.438. The zero-order valence-corrected chi connectivity index (χ0v) is 12.3. The number of hydrogen-bond acceptors (Lipinski definition) is 5. The van der Waals surface area contributed by atoms with E-state index in [0.717, 1.165) is 36.9 Å². The van der Waals surface area contributed by atoms with Gasteiger partial charge in [-0.3, -0.25) is 0 Å². The Balaban J connectivity index is 1.67. The van der Waals surface area contributed by atoms with Crippen LogP contribution in [-0.2, 0) is 6.42 Å². The Kier molecular flexibility index (Phi) is 4.40. The molecular weight excluding hydrogens is 262 g/mol. The summed E-state index contributed by atoms with van der Waals surface area (Å²) in [5.74, 6) is 2.16. The highest BCUT2D eigenvalue weighted by Crippen LogP contribution is 2.21. The van der Waals surface area contributed by atoms with Crippen molar-refractivity contribution in [1.29, 1.82) is 0 Å². The van der Waals surface area contributed by atoms with Gasteiger partial charge in [0, 0.05) is 18.1 Å². The SMILES string of the molecule is Cc1nc(Nc2ncccn2)ccc1CC1CCNCC1. The number of hydrogen-bond donors (Lipinski definition) is 2. The Morgan fingerprint density at radius 3 is 2.67 bits per heavy atom. The van der Waals surface area contributed by atoms with E-state index >= 15 is 0 Å². The van der Waals surface area contributed by atoms with Crippen molar-refractivity contribution in [2.45, 2.75) is 26.2 Å². The van der Waals surface area contributed by atoms with Crippen LogP contribution in [0.4, 0.5) is 11.8 Å². The largest absolute Gasteiger partial charge is 0.317 e. The number of nitrogens with one attached hydrogen (secondary N) is 2. The second-order valence-corrected chi connectivity index (χ2v) is 5.54. The lowest BCUT2D eigenvalue weighted by Crippen LogP contribution is -2.28. The molecule has 21 heavy (non-hydrogen) atoms. The predicted octanol–water partition coefficient (Wildman–Crippen LogP) is 2.47. The average Bonchev–Trinajstić information content (AvgIpc) is 2.52. The van der Waals surface area contributed by atoms with E-state index in [-0.39, 0.29) is 0 Å². The number of piperidine rings is 1. The van der Waals surface area contributed by atoms with Gasteiger partial charge in [-0.2, -0.15) is 0 Å². The minimum Gasteiger partial charge on any atom is -0.317 e. The van der Waals surface area contributed by atoms with E-state index in [0.29, 0.717) is 5.95 Å². The first-order valence-corrected chi connectivity index (χ1v) is 7.52. The standard InChI is InChI=1S/C16H21N5/c1-12-14(11-13-5-9-17-10-6-13)3-4-15(20-12)21-16-18-7-2-8-19-16/h2-4,7-8,13,17H,5-6,9-11H2,1H3,(H,18,19,20,21). The number of nitrogens with zero attached hydrogens (tertiary/aromatic N) is 3. The summed E-state index contributed by atoms with van der Waals surface area (Å²) in [5, 5.41) is 6.54.